The number of rotatable bonds is 9. The lowest BCUT2D eigenvalue weighted by Crippen LogP contribution is -2.37. The molecule has 32 heavy (non-hydrogen) atoms. The van der Waals surface area contributed by atoms with Gasteiger partial charge in [0.05, 0.1) is 23.7 Å². The molecule has 10 heteroatoms. The summed E-state index contributed by atoms with van der Waals surface area (Å²) in [4.78, 5) is 11.7. The molecule has 4 nitrogen and oxygen atoms in total. The summed E-state index contributed by atoms with van der Waals surface area (Å²) in [5.41, 5.74) is -1.40. The van der Waals surface area contributed by atoms with Crippen molar-refractivity contribution in [3.05, 3.63) is 59.2 Å². The largest absolute Gasteiger partial charge is 0.492 e. The number of benzene rings is 2. The normalized spacial score (nSPS) is 11.7. The van der Waals surface area contributed by atoms with Crippen LogP contribution in [0.5, 0.6) is 5.75 Å². The maximum absolute atomic E-state index is 13.2. The van der Waals surface area contributed by atoms with Gasteiger partial charge in [-0.15, -0.1) is 0 Å². The van der Waals surface area contributed by atoms with Crippen molar-refractivity contribution < 1.29 is 35.9 Å². The number of Topliss-reactive ketones (excluding diaryl/α,β-unsaturated/α-hetero) is 1. The maximum Gasteiger partial charge on any atom is 0.417 e. The molecule has 0 bridgehead atoms. The molecular formula is C22H20F6N2O2. The Morgan fingerprint density at radius 3 is 2.25 bits per heavy atom. The van der Waals surface area contributed by atoms with Crippen LogP contribution >= 0.6 is 0 Å². The second-order valence-electron chi connectivity index (χ2n) is 7.07. The van der Waals surface area contributed by atoms with Crippen molar-refractivity contribution in [3.63, 3.8) is 0 Å². The van der Waals surface area contributed by atoms with E-state index in [4.69, 9.17) is 10.00 Å². The van der Waals surface area contributed by atoms with Gasteiger partial charge in [-0.3, -0.25) is 0 Å². The Morgan fingerprint density at radius 1 is 1.06 bits per heavy atom. The Hall–Kier alpha value is -3.22. The van der Waals surface area contributed by atoms with Gasteiger partial charge in [-0.1, -0.05) is 12.1 Å². The van der Waals surface area contributed by atoms with Crippen LogP contribution in [0.25, 0.3) is 0 Å². The lowest BCUT2D eigenvalue weighted by Gasteiger charge is -2.27. The lowest BCUT2D eigenvalue weighted by molar-refractivity contribution is -0.137. The van der Waals surface area contributed by atoms with Gasteiger partial charge in [-0.25, -0.2) is 0 Å². The molecule has 0 spiro atoms. The number of anilines is 1. The number of carbonyl (C=O) groups is 1. The number of halogens is 6. The van der Waals surface area contributed by atoms with E-state index < -0.39 is 30.0 Å². The van der Waals surface area contributed by atoms with Gasteiger partial charge in [0.25, 0.3) is 0 Å². The molecule has 2 aromatic rings. The quantitative estimate of drug-likeness (QED) is 0.463. The minimum absolute atomic E-state index is 0.0477. The number of ether oxygens (including phenoxy) is 1. The third-order valence-electron chi connectivity index (χ3n) is 4.48. The fourth-order valence-corrected chi connectivity index (χ4v) is 2.92. The van der Waals surface area contributed by atoms with Crippen LogP contribution in [-0.4, -0.2) is 31.7 Å². The minimum atomic E-state index is -4.88. The zero-order chi connectivity index (χ0) is 23.9. The molecule has 0 aliphatic rings. The number of aryl methyl sites for hydroxylation is 1. The van der Waals surface area contributed by atoms with Gasteiger partial charge in [0.2, 0.25) is 0 Å². The van der Waals surface area contributed by atoms with E-state index >= 15 is 0 Å². The Kier molecular flexibility index (Phi) is 8.14. The molecule has 2 aromatic carbocycles. The maximum atomic E-state index is 13.2. The number of nitrogens with zero attached hydrogens (tertiary/aromatic N) is 2. The Labute approximate surface area is 181 Å². The molecule has 2 rings (SSSR count). The van der Waals surface area contributed by atoms with E-state index in [1.807, 2.05) is 0 Å². The van der Waals surface area contributed by atoms with Crippen LogP contribution in [0, 0.1) is 11.3 Å². The van der Waals surface area contributed by atoms with E-state index in [-0.39, 0.29) is 24.6 Å². The van der Waals surface area contributed by atoms with Crippen molar-refractivity contribution in [1.82, 2.24) is 0 Å². The standard InChI is InChI=1S/C22H20F6N2O2/c1-15(31)2-3-16-4-8-19(9-5-16)32-11-10-30(14-21(23,24)25)18-7-6-17(13-29)20(12-18)22(26,27)28/h4-9,12H,2-3,10-11,14H2,1H3. The summed E-state index contributed by atoms with van der Waals surface area (Å²) in [5.74, 6) is 0.422. The molecule has 0 saturated carbocycles. The number of nitriles is 1. The topological polar surface area (TPSA) is 53.3 Å². The molecule has 0 N–H and O–H groups in total. The summed E-state index contributed by atoms with van der Waals surface area (Å²) >= 11 is 0. The second-order valence-corrected chi connectivity index (χ2v) is 7.07. The second kappa shape index (κ2) is 10.4. The average Bonchev–Trinajstić information content (AvgIpc) is 2.70. The summed E-state index contributed by atoms with van der Waals surface area (Å²) < 4.78 is 84.0. The van der Waals surface area contributed by atoms with Crippen LogP contribution < -0.4 is 9.64 Å². The molecule has 0 saturated heterocycles. The van der Waals surface area contributed by atoms with Crippen LogP contribution in [0.15, 0.2) is 42.5 Å². The first kappa shape index (κ1) is 25.0. The minimum Gasteiger partial charge on any atom is -0.492 e. The smallest absolute Gasteiger partial charge is 0.417 e. The van der Waals surface area contributed by atoms with E-state index in [1.165, 1.54) is 13.0 Å². The van der Waals surface area contributed by atoms with E-state index in [2.05, 4.69) is 0 Å². The van der Waals surface area contributed by atoms with E-state index in [9.17, 15) is 31.1 Å². The highest BCUT2D eigenvalue weighted by Crippen LogP contribution is 2.35. The van der Waals surface area contributed by atoms with Crippen LogP contribution in [0.1, 0.15) is 30.0 Å². The summed E-state index contributed by atoms with van der Waals surface area (Å²) in [6, 6.07) is 10.5. The van der Waals surface area contributed by atoms with E-state index in [1.54, 1.807) is 24.3 Å². The number of hydrogen-bond acceptors (Lipinski definition) is 4. The van der Waals surface area contributed by atoms with Crippen molar-refractivity contribution in [2.45, 2.75) is 32.1 Å². The van der Waals surface area contributed by atoms with Gasteiger partial charge in [0.1, 0.15) is 24.7 Å². The monoisotopic (exact) mass is 458 g/mol. The Balaban J connectivity index is 2.12. The highest BCUT2D eigenvalue weighted by Gasteiger charge is 2.36. The SMILES string of the molecule is CC(=O)CCc1ccc(OCCN(CC(F)(F)F)c2ccc(C#N)c(C(F)(F)F)c2)cc1. The zero-order valence-corrected chi connectivity index (χ0v) is 17.1. The highest BCUT2D eigenvalue weighted by molar-refractivity contribution is 5.75. The summed E-state index contributed by atoms with van der Waals surface area (Å²) in [5, 5.41) is 8.87. The van der Waals surface area contributed by atoms with Gasteiger partial charge >= 0.3 is 12.4 Å². The zero-order valence-electron chi connectivity index (χ0n) is 17.1. The van der Waals surface area contributed by atoms with Gasteiger partial charge in [-0.05, 0) is 49.2 Å². The number of ketones is 1. The summed E-state index contributed by atoms with van der Waals surface area (Å²) in [6.07, 6.45) is -8.61. The van der Waals surface area contributed by atoms with Gasteiger partial charge < -0.3 is 14.4 Å². The molecule has 172 valence electrons. The van der Waals surface area contributed by atoms with Crippen molar-refractivity contribution in [2.24, 2.45) is 0 Å². The first-order valence-corrected chi connectivity index (χ1v) is 9.53. The third kappa shape index (κ3) is 7.80. The van der Waals surface area contributed by atoms with Crippen LogP contribution in [0.4, 0.5) is 32.0 Å². The fourth-order valence-electron chi connectivity index (χ4n) is 2.92. The number of carbonyl (C=O) groups excluding carboxylic acids is 1. The van der Waals surface area contributed by atoms with Crippen LogP contribution in [0.3, 0.4) is 0 Å². The summed E-state index contributed by atoms with van der Waals surface area (Å²) in [6.45, 7) is -0.557. The highest BCUT2D eigenvalue weighted by atomic mass is 19.4. The van der Waals surface area contributed by atoms with E-state index in [0.717, 1.165) is 22.6 Å². The fraction of sp³-hybridized carbons (Fsp3) is 0.364. The van der Waals surface area contributed by atoms with E-state index in [0.29, 0.717) is 24.7 Å². The van der Waals surface area contributed by atoms with Crippen molar-refractivity contribution >= 4 is 11.5 Å². The number of hydrogen-bond donors (Lipinski definition) is 0. The molecule has 0 aliphatic carbocycles. The molecule has 0 fully saturated rings. The van der Waals surface area contributed by atoms with Gasteiger partial charge in [0, 0.05) is 12.1 Å². The number of alkyl halides is 6. The molecule has 0 aliphatic heterocycles. The van der Waals surface area contributed by atoms with Crippen LogP contribution in [0.2, 0.25) is 0 Å². The molecule has 0 atom stereocenters. The first-order chi connectivity index (χ1) is 14.9. The van der Waals surface area contributed by atoms with Gasteiger partial charge in [-0.2, -0.15) is 31.6 Å². The molecule has 0 unspecified atom stereocenters. The Morgan fingerprint density at radius 2 is 1.72 bits per heavy atom. The summed E-state index contributed by atoms with van der Waals surface area (Å²) in [7, 11) is 0. The average molecular weight is 458 g/mol. The molecule has 0 aromatic heterocycles. The molecule has 0 heterocycles. The van der Waals surface area contributed by atoms with Crippen molar-refractivity contribution in [2.75, 3.05) is 24.6 Å². The van der Waals surface area contributed by atoms with Gasteiger partial charge in [0.15, 0.2) is 0 Å². The molecule has 0 radical (unpaired) electrons. The third-order valence-corrected chi connectivity index (χ3v) is 4.48. The lowest BCUT2D eigenvalue weighted by atomic mass is 10.1. The predicted octanol–water partition coefficient (Wildman–Crippen LogP) is 5.55. The first-order valence-electron chi connectivity index (χ1n) is 9.53. The van der Waals surface area contributed by atoms with Crippen molar-refractivity contribution in [3.8, 4) is 11.8 Å². The predicted molar refractivity (Wildman–Crippen MR) is 105 cm³/mol. The van der Waals surface area contributed by atoms with Crippen LogP contribution in [-0.2, 0) is 17.4 Å². The Bertz CT molecular complexity index is 962. The molecular weight excluding hydrogens is 438 g/mol. The molecule has 0 amide bonds. The van der Waals surface area contributed by atoms with Crippen molar-refractivity contribution in [1.29, 1.82) is 5.26 Å².